The zero-order chi connectivity index (χ0) is 65.5. The van der Waals surface area contributed by atoms with Gasteiger partial charge in [-0.15, -0.1) is 8.61 Å². The van der Waals surface area contributed by atoms with Crippen molar-refractivity contribution in [1.82, 2.24) is 8.61 Å². The van der Waals surface area contributed by atoms with E-state index < -0.39 is 182 Å². The maximum atomic E-state index is 15.6. The van der Waals surface area contributed by atoms with E-state index in [2.05, 4.69) is 0 Å². The average Bonchev–Trinajstić information content (AvgIpc) is 3.17. The van der Waals surface area contributed by atoms with Crippen LogP contribution in [-0.4, -0.2) is 157 Å². The summed E-state index contributed by atoms with van der Waals surface area (Å²) in [6.45, 7) is -9.72. The van der Waals surface area contributed by atoms with Crippen molar-refractivity contribution in [3.8, 4) is 0 Å². The maximum absolute atomic E-state index is 15.6. The molecule has 0 N–H and O–H groups in total. The number of alkyl halides is 42. The molecule has 0 fully saturated rings. The van der Waals surface area contributed by atoms with Gasteiger partial charge in [-0.2, -0.15) is 184 Å². The van der Waals surface area contributed by atoms with Crippen LogP contribution in [0.25, 0.3) is 0 Å². The van der Waals surface area contributed by atoms with Crippen LogP contribution in [0.15, 0.2) is 0 Å². The van der Waals surface area contributed by atoms with Gasteiger partial charge < -0.3 is 4.89 Å². The number of hydrogen-bond acceptors (Lipinski definition) is 8. The third kappa shape index (κ3) is 10.6. The fraction of sp³-hybridized carbons (Fsp3) is 1.00. The van der Waals surface area contributed by atoms with Gasteiger partial charge >= 0.3 is 137 Å². The smallest absolute Gasteiger partial charge is 0.756 e. The Kier molecular flexibility index (Phi) is 20.6. The summed E-state index contributed by atoms with van der Waals surface area (Å²) in [5.41, 5.74) is 0. The normalized spacial score (nSPS) is 18.7. The van der Waals surface area contributed by atoms with Gasteiger partial charge in [-0.3, -0.25) is 13.6 Å². The van der Waals surface area contributed by atoms with Gasteiger partial charge in [0.05, 0.1) is 0 Å². The van der Waals surface area contributed by atoms with Crippen LogP contribution in [0, 0.1) is 0 Å². The fourth-order valence-corrected chi connectivity index (χ4v) is 8.93. The SMILES string of the molecule is CCN(C(F)(OP(=O)([O-])OC(F)(N(CC)S(=O)(=O)C(F)(F)C(F)(F)C(F)(F)C(F)(F)C(F)(F)C(F)(F)C(F)(F)C(F)(F)F)C(F)(F)F)C(F)(F)F)S(=O)(=O)C(F)(F)C(F)(F)C(F)(F)C(F)(F)C(F)(F)C(F)(F)C(F)(F)C(F)(F)F.[Li+]. The summed E-state index contributed by atoms with van der Waals surface area (Å²) in [6.07, 6.45) is -34.3. The summed E-state index contributed by atoms with van der Waals surface area (Å²) in [4.78, 5) is 12.2. The van der Waals surface area contributed by atoms with Crippen molar-refractivity contribution in [2.24, 2.45) is 0 Å². The first-order valence-electron chi connectivity index (χ1n) is 17.0. The van der Waals surface area contributed by atoms with E-state index in [4.69, 9.17) is 0 Å². The minimum absolute atomic E-state index is 0. The average molecular weight is 1350 g/mol. The quantitative estimate of drug-likeness (QED) is 0.0308. The van der Waals surface area contributed by atoms with Crippen LogP contribution in [0.1, 0.15) is 13.8 Å². The summed E-state index contributed by atoms with van der Waals surface area (Å²) >= 11 is 0. The predicted octanol–water partition coefficient (Wildman–Crippen LogP) is 9.10. The number of sulfonamides is 2. The molecule has 0 bridgehead atoms. The van der Waals surface area contributed by atoms with Crippen LogP contribution in [0.3, 0.4) is 0 Å². The first kappa shape index (κ1) is 79.7. The monoisotopic (exact) mass is 1350 g/mol. The Morgan fingerprint density at radius 1 is 0.312 bits per heavy atom. The van der Waals surface area contributed by atoms with E-state index in [1.807, 2.05) is 0 Å². The molecular weight excluding hydrogens is 1340 g/mol. The Morgan fingerprint density at radius 2 is 0.463 bits per heavy atom. The molecule has 0 amide bonds. The van der Waals surface area contributed by atoms with Crippen molar-refractivity contribution in [3.63, 3.8) is 0 Å². The molecule has 0 saturated carbocycles. The van der Waals surface area contributed by atoms with Gasteiger partial charge in [0.2, 0.25) is 0 Å². The van der Waals surface area contributed by atoms with Crippen LogP contribution in [-0.2, 0) is 33.7 Å². The summed E-state index contributed by atoms with van der Waals surface area (Å²) in [5, 5.41) is -19.1. The molecule has 0 aromatic carbocycles. The van der Waals surface area contributed by atoms with Crippen molar-refractivity contribution in [3.05, 3.63) is 0 Å². The molecule has 0 rings (SSSR count). The topological polar surface area (TPSA) is 133 Å². The first-order valence-corrected chi connectivity index (χ1v) is 21.4. The van der Waals surface area contributed by atoms with Crippen molar-refractivity contribution >= 4 is 27.9 Å². The molecule has 10 nitrogen and oxygen atoms in total. The van der Waals surface area contributed by atoms with E-state index in [0.717, 1.165) is 0 Å². The summed E-state index contributed by atoms with van der Waals surface area (Å²) in [7, 11) is -30.2. The van der Waals surface area contributed by atoms with E-state index in [1.54, 1.807) is 9.05 Å². The molecule has 0 aliphatic rings. The van der Waals surface area contributed by atoms with Crippen molar-refractivity contribution in [1.29, 1.82) is 0 Å². The largest absolute Gasteiger partial charge is 1.00 e. The summed E-state index contributed by atoms with van der Waals surface area (Å²) in [6, 6.07) is 0. The molecule has 0 spiro atoms. The Labute approximate surface area is 420 Å². The van der Waals surface area contributed by atoms with Gasteiger partial charge in [-0.25, -0.2) is 16.8 Å². The van der Waals surface area contributed by atoms with Gasteiger partial charge in [0.25, 0.3) is 27.9 Å². The number of nitrogens with zero attached hydrogens (tertiary/aromatic N) is 2. The number of halogens is 42. The van der Waals surface area contributed by atoms with Crippen molar-refractivity contribution < 1.29 is 239 Å². The zero-order valence-corrected chi connectivity index (χ0v) is 38.2. The molecule has 0 aromatic rings. The molecule has 56 heteroatoms. The Balaban J connectivity index is 0. The van der Waals surface area contributed by atoms with E-state index in [9.17, 15) is 202 Å². The first-order chi connectivity index (χ1) is 33.3. The van der Waals surface area contributed by atoms with Gasteiger partial charge in [0, 0.05) is 13.1 Å². The fourth-order valence-electron chi connectivity index (χ4n) is 4.75. The zero-order valence-electron chi connectivity index (χ0n) is 35.7. The molecule has 80 heavy (non-hydrogen) atoms. The molecule has 0 aromatic heterocycles. The summed E-state index contributed by atoms with van der Waals surface area (Å²) in [5.74, 6) is -133. The number of hydrogen-bond donors (Lipinski definition) is 0. The molecular formula is C24H10F42LiN2O8PS2. The van der Waals surface area contributed by atoms with Gasteiger partial charge in [0.1, 0.15) is 0 Å². The van der Waals surface area contributed by atoms with Crippen LogP contribution < -0.4 is 23.8 Å². The third-order valence-electron chi connectivity index (χ3n) is 9.00. The predicted molar refractivity (Wildman–Crippen MR) is 154 cm³/mol. The van der Waals surface area contributed by atoms with Gasteiger partial charge in [0.15, 0.2) is 0 Å². The van der Waals surface area contributed by atoms with Crippen molar-refractivity contribution in [2.45, 2.75) is 132 Å². The van der Waals surface area contributed by atoms with E-state index in [0.29, 0.717) is 0 Å². The maximum Gasteiger partial charge on any atom is 1.00 e. The molecule has 2 atom stereocenters. The minimum Gasteiger partial charge on any atom is -0.756 e. The number of phosphoric ester groups is 1. The molecule has 2 unspecified atom stereocenters. The van der Waals surface area contributed by atoms with Crippen LogP contribution in [0.4, 0.5) is 184 Å². The van der Waals surface area contributed by atoms with E-state index >= 15 is 8.78 Å². The molecule has 0 aliphatic heterocycles. The molecule has 0 radical (unpaired) electrons. The summed E-state index contributed by atoms with van der Waals surface area (Å²) < 4.78 is 638. The second-order valence-corrected chi connectivity index (χ2v) is 19.1. The van der Waals surface area contributed by atoms with Crippen LogP contribution in [0.2, 0.25) is 0 Å². The molecule has 476 valence electrons. The Hall–Kier alpha value is -2.41. The molecule has 0 aliphatic carbocycles. The van der Waals surface area contributed by atoms with Crippen molar-refractivity contribution in [2.75, 3.05) is 13.1 Å². The van der Waals surface area contributed by atoms with E-state index in [1.165, 1.54) is 0 Å². The Bertz CT molecular complexity index is 2340. The van der Waals surface area contributed by atoms with E-state index in [-0.39, 0.29) is 18.9 Å². The minimum atomic E-state index is -10.1. The Morgan fingerprint density at radius 3 is 0.600 bits per heavy atom. The third-order valence-corrected chi connectivity index (χ3v) is 13.9. The number of rotatable bonds is 24. The molecule has 0 heterocycles. The second kappa shape index (κ2) is 20.6. The van der Waals surface area contributed by atoms with Crippen LogP contribution in [0.5, 0.6) is 0 Å². The molecule has 0 saturated heterocycles. The standard InChI is InChI=1S/C24H11F42N2O8PS2.Li/c1-3-67(78(71,72)21(61,62)15(45,46)11(37,38)7(29,30)5(25,26)9(33,34)13(41,42)17(49,50)51)23(65,19(55,56)57)75-77(69,70)76-24(66,20(58,59)60)68(4-2)79(73,74)22(63,64)16(47,48)12(39,40)8(31,32)6(27,28)10(35,36)14(43,44)18(52,53)54;/h3-4H2,1-2H3,(H,69,70);/q;+1/p-1. The second-order valence-electron chi connectivity index (χ2n) is 14.0. The van der Waals surface area contributed by atoms with Gasteiger partial charge in [-0.1, -0.05) is 13.8 Å². The van der Waals surface area contributed by atoms with Gasteiger partial charge in [-0.05, 0) is 0 Å². The number of phosphoric acid groups is 1. The van der Waals surface area contributed by atoms with Crippen LogP contribution >= 0.6 is 7.82 Å².